The number of alkyl halides is 3. The van der Waals surface area contributed by atoms with Crippen LogP contribution >= 0.6 is 0 Å². The van der Waals surface area contributed by atoms with Crippen molar-refractivity contribution in [1.29, 1.82) is 0 Å². The summed E-state index contributed by atoms with van der Waals surface area (Å²) in [5, 5.41) is 3.32. The Labute approximate surface area is 100 Å². The van der Waals surface area contributed by atoms with Gasteiger partial charge in [0.1, 0.15) is 6.61 Å². The Kier molecular flexibility index (Phi) is 6.22. The highest BCUT2D eigenvalue weighted by atomic mass is 19.4. The zero-order chi connectivity index (χ0) is 12.7. The Morgan fingerprint density at radius 2 is 2.18 bits per heavy atom. The number of nitrogens with one attached hydrogen (secondary N) is 1. The zero-order valence-electron chi connectivity index (χ0n) is 10.2. The molecule has 0 amide bonds. The third-order valence-electron chi connectivity index (χ3n) is 2.94. The molecule has 17 heavy (non-hydrogen) atoms. The quantitative estimate of drug-likeness (QED) is 0.729. The van der Waals surface area contributed by atoms with Gasteiger partial charge >= 0.3 is 6.18 Å². The lowest BCUT2D eigenvalue weighted by molar-refractivity contribution is -0.174. The molecule has 1 aliphatic heterocycles. The van der Waals surface area contributed by atoms with Gasteiger partial charge in [0.25, 0.3) is 0 Å². The number of ether oxygens (including phenoxy) is 1. The van der Waals surface area contributed by atoms with Crippen LogP contribution in [0.15, 0.2) is 0 Å². The number of nitrogens with zero attached hydrogens (tertiary/aromatic N) is 1. The molecule has 1 atom stereocenters. The summed E-state index contributed by atoms with van der Waals surface area (Å²) >= 11 is 0. The second kappa shape index (κ2) is 7.18. The predicted molar refractivity (Wildman–Crippen MR) is 60.0 cm³/mol. The van der Waals surface area contributed by atoms with Crippen LogP contribution in [0.3, 0.4) is 0 Å². The lowest BCUT2D eigenvalue weighted by Gasteiger charge is -2.35. The van der Waals surface area contributed by atoms with E-state index in [-0.39, 0.29) is 6.61 Å². The molecule has 1 heterocycles. The number of rotatable bonds is 6. The van der Waals surface area contributed by atoms with Gasteiger partial charge in [0, 0.05) is 38.8 Å². The summed E-state index contributed by atoms with van der Waals surface area (Å²) in [5.74, 6) is 0. The molecule has 0 radical (unpaired) electrons. The van der Waals surface area contributed by atoms with Gasteiger partial charge in [0.05, 0.1) is 0 Å². The van der Waals surface area contributed by atoms with Crippen molar-refractivity contribution in [2.24, 2.45) is 0 Å². The smallest absolute Gasteiger partial charge is 0.372 e. The molecule has 1 fully saturated rings. The van der Waals surface area contributed by atoms with Gasteiger partial charge in [-0.3, -0.25) is 4.90 Å². The van der Waals surface area contributed by atoms with E-state index in [1.165, 1.54) is 0 Å². The van der Waals surface area contributed by atoms with Gasteiger partial charge < -0.3 is 10.1 Å². The van der Waals surface area contributed by atoms with Crippen LogP contribution in [0.5, 0.6) is 0 Å². The molecule has 0 bridgehead atoms. The molecule has 0 saturated carbocycles. The molecule has 6 heteroatoms. The summed E-state index contributed by atoms with van der Waals surface area (Å²) in [6.07, 6.45) is -2.48. The van der Waals surface area contributed by atoms with Crippen LogP contribution in [0.25, 0.3) is 0 Å². The fourth-order valence-electron chi connectivity index (χ4n) is 2.06. The summed E-state index contributed by atoms with van der Waals surface area (Å²) in [4.78, 5) is 2.33. The molecule has 0 aromatic carbocycles. The minimum Gasteiger partial charge on any atom is -0.372 e. The minimum atomic E-state index is -4.21. The normalized spacial score (nSPS) is 22.9. The second-order valence-electron chi connectivity index (χ2n) is 4.32. The van der Waals surface area contributed by atoms with Gasteiger partial charge in [-0.25, -0.2) is 0 Å². The first-order valence-electron chi connectivity index (χ1n) is 6.12. The first kappa shape index (κ1) is 14.7. The maximum absolute atomic E-state index is 11.8. The van der Waals surface area contributed by atoms with E-state index < -0.39 is 12.8 Å². The standard InChI is InChI=1S/C11H21F3N2O/c1-2-10-8-15-4-6-16(10)5-3-7-17-9-11(12,13)14/h10,15H,2-9H2,1H3. The first-order chi connectivity index (χ1) is 8.03. The van der Waals surface area contributed by atoms with Crippen LogP contribution in [0, 0.1) is 0 Å². The van der Waals surface area contributed by atoms with E-state index in [4.69, 9.17) is 0 Å². The van der Waals surface area contributed by atoms with Gasteiger partial charge in [-0.2, -0.15) is 13.2 Å². The number of hydrogen-bond acceptors (Lipinski definition) is 3. The van der Waals surface area contributed by atoms with E-state index in [1.54, 1.807) is 0 Å². The maximum atomic E-state index is 11.8. The molecular formula is C11H21F3N2O. The van der Waals surface area contributed by atoms with Gasteiger partial charge in [-0.15, -0.1) is 0 Å². The van der Waals surface area contributed by atoms with Crippen molar-refractivity contribution in [2.45, 2.75) is 32.0 Å². The van der Waals surface area contributed by atoms with E-state index in [0.717, 1.165) is 32.6 Å². The van der Waals surface area contributed by atoms with Gasteiger partial charge in [-0.1, -0.05) is 6.92 Å². The molecule has 1 N–H and O–H groups in total. The van der Waals surface area contributed by atoms with Gasteiger partial charge in [0.15, 0.2) is 0 Å². The van der Waals surface area contributed by atoms with Crippen LogP contribution in [0.2, 0.25) is 0 Å². The van der Waals surface area contributed by atoms with E-state index in [2.05, 4.69) is 21.9 Å². The highest BCUT2D eigenvalue weighted by molar-refractivity contribution is 4.78. The van der Waals surface area contributed by atoms with Crippen molar-refractivity contribution in [3.05, 3.63) is 0 Å². The highest BCUT2D eigenvalue weighted by Gasteiger charge is 2.27. The molecule has 1 saturated heterocycles. The first-order valence-corrected chi connectivity index (χ1v) is 6.12. The van der Waals surface area contributed by atoms with Crippen LogP contribution in [0.4, 0.5) is 13.2 Å². The van der Waals surface area contributed by atoms with Crippen molar-refractivity contribution in [2.75, 3.05) is 39.4 Å². The fourth-order valence-corrected chi connectivity index (χ4v) is 2.06. The predicted octanol–water partition coefficient (Wildman–Crippen LogP) is 1.64. The Morgan fingerprint density at radius 1 is 1.41 bits per heavy atom. The summed E-state index contributed by atoms with van der Waals surface area (Å²) in [6.45, 7) is 4.89. The van der Waals surface area contributed by atoms with E-state index >= 15 is 0 Å². The lowest BCUT2D eigenvalue weighted by atomic mass is 10.1. The van der Waals surface area contributed by atoms with E-state index in [1.807, 2.05) is 0 Å². The number of halogens is 3. The Bertz CT molecular complexity index is 211. The molecule has 102 valence electrons. The summed E-state index contributed by atoms with van der Waals surface area (Å²) in [6, 6.07) is 0.506. The van der Waals surface area contributed by atoms with Crippen molar-refractivity contribution in [1.82, 2.24) is 10.2 Å². The van der Waals surface area contributed by atoms with Crippen LogP contribution in [-0.2, 0) is 4.74 Å². The molecule has 0 aromatic rings. The highest BCUT2D eigenvalue weighted by Crippen LogP contribution is 2.14. The Morgan fingerprint density at radius 3 is 2.82 bits per heavy atom. The molecule has 1 aliphatic rings. The van der Waals surface area contributed by atoms with Crippen LogP contribution < -0.4 is 5.32 Å². The van der Waals surface area contributed by atoms with Crippen molar-refractivity contribution >= 4 is 0 Å². The largest absolute Gasteiger partial charge is 0.411 e. The minimum absolute atomic E-state index is 0.180. The molecule has 1 rings (SSSR count). The lowest BCUT2D eigenvalue weighted by Crippen LogP contribution is -2.51. The maximum Gasteiger partial charge on any atom is 0.411 e. The van der Waals surface area contributed by atoms with E-state index in [0.29, 0.717) is 12.5 Å². The number of hydrogen-bond donors (Lipinski definition) is 1. The number of piperazine rings is 1. The van der Waals surface area contributed by atoms with Gasteiger partial charge in [-0.05, 0) is 12.8 Å². The third kappa shape index (κ3) is 6.24. The molecule has 0 aromatic heterocycles. The zero-order valence-corrected chi connectivity index (χ0v) is 10.2. The SMILES string of the molecule is CCC1CNCCN1CCCOCC(F)(F)F. The molecule has 3 nitrogen and oxygen atoms in total. The summed E-state index contributed by atoms with van der Waals surface area (Å²) < 4.78 is 40.0. The summed E-state index contributed by atoms with van der Waals surface area (Å²) in [7, 11) is 0. The monoisotopic (exact) mass is 254 g/mol. The Balaban J connectivity index is 2.08. The molecular weight excluding hydrogens is 233 g/mol. The van der Waals surface area contributed by atoms with Crippen molar-refractivity contribution in [3.8, 4) is 0 Å². The second-order valence-corrected chi connectivity index (χ2v) is 4.32. The fraction of sp³-hybridized carbons (Fsp3) is 1.00. The molecule has 0 aliphatic carbocycles. The molecule has 1 unspecified atom stereocenters. The summed E-state index contributed by atoms with van der Waals surface area (Å²) in [5.41, 5.74) is 0. The van der Waals surface area contributed by atoms with Gasteiger partial charge in [0.2, 0.25) is 0 Å². The average molecular weight is 254 g/mol. The third-order valence-corrected chi connectivity index (χ3v) is 2.94. The van der Waals surface area contributed by atoms with Crippen LogP contribution in [0.1, 0.15) is 19.8 Å². The average Bonchev–Trinajstić information content (AvgIpc) is 2.27. The van der Waals surface area contributed by atoms with Crippen molar-refractivity contribution < 1.29 is 17.9 Å². The van der Waals surface area contributed by atoms with E-state index in [9.17, 15) is 13.2 Å². The van der Waals surface area contributed by atoms with Crippen LogP contribution in [-0.4, -0.2) is 56.5 Å². The Hall–Kier alpha value is -0.330. The van der Waals surface area contributed by atoms with Crippen molar-refractivity contribution in [3.63, 3.8) is 0 Å². The topological polar surface area (TPSA) is 24.5 Å². The molecule has 0 spiro atoms.